The third-order valence-electron chi connectivity index (χ3n) is 3.62. The number of halogens is 3. The van der Waals surface area contributed by atoms with E-state index in [1.165, 1.54) is 6.07 Å². The Balaban J connectivity index is 1.98. The van der Waals surface area contributed by atoms with Crippen LogP contribution in [0.4, 0.5) is 18.9 Å². The molecule has 7 heteroatoms. The first kappa shape index (κ1) is 15.3. The van der Waals surface area contributed by atoms with Crippen LogP contribution >= 0.6 is 0 Å². The van der Waals surface area contributed by atoms with E-state index in [0.29, 0.717) is 23.1 Å². The molecule has 3 rings (SSSR count). The number of aromatic nitrogens is 3. The minimum atomic E-state index is -4.37. The predicted molar refractivity (Wildman–Crippen MR) is 82.0 cm³/mol. The summed E-state index contributed by atoms with van der Waals surface area (Å²) in [6.07, 6.45) is -0.842. The van der Waals surface area contributed by atoms with Gasteiger partial charge in [-0.05, 0) is 25.1 Å². The van der Waals surface area contributed by atoms with E-state index < -0.39 is 11.7 Å². The summed E-state index contributed by atoms with van der Waals surface area (Å²) >= 11 is 0. The highest BCUT2D eigenvalue weighted by atomic mass is 19.4. The molecule has 120 valence electrons. The van der Waals surface area contributed by atoms with Gasteiger partial charge in [-0.25, -0.2) is 4.98 Å². The van der Waals surface area contributed by atoms with Crippen molar-refractivity contribution in [3.05, 3.63) is 53.7 Å². The SMILES string of the molecule is Cc1cc(NCc2nccn2C)c2ccc(C(F)(F)F)cc2n1. The Morgan fingerprint density at radius 1 is 1.22 bits per heavy atom. The molecule has 0 aliphatic rings. The fourth-order valence-corrected chi connectivity index (χ4v) is 2.42. The van der Waals surface area contributed by atoms with Gasteiger partial charge >= 0.3 is 6.18 Å². The predicted octanol–water partition coefficient (Wildman–Crippen LogP) is 3.91. The monoisotopic (exact) mass is 320 g/mol. The third kappa shape index (κ3) is 3.13. The molecule has 0 fully saturated rings. The Morgan fingerprint density at radius 3 is 2.65 bits per heavy atom. The van der Waals surface area contributed by atoms with E-state index in [1.54, 1.807) is 13.1 Å². The zero-order chi connectivity index (χ0) is 16.6. The smallest absolute Gasteiger partial charge is 0.377 e. The Kier molecular flexibility index (Phi) is 3.71. The molecule has 3 aromatic rings. The number of fused-ring (bicyclic) bond motifs is 1. The summed E-state index contributed by atoms with van der Waals surface area (Å²) in [6.45, 7) is 2.23. The summed E-state index contributed by atoms with van der Waals surface area (Å²) in [4.78, 5) is 8.43. The number of nitrogens with one attached hydrogen (secondary N) is 1. The van der Waals surface area contributed by atoms with Gasteiger partial charge in [-0.1, -0.05) is 6.07 Å². The van der Waals surface area contributed by atoms with Crippen LogP contribution in [-0.2, 0) is 19.8 Å². The summed E-state index contributed by atoms with van der Waals surface area (Å²) in [7, 11) is 1.88. The van der Waals surface area contributed by atoms with Gasteiger partial charge in [-0.15, -0.1) is 0 Å². The topological polar surface area (TPSA) is 42.7 Å². The van der Waals surface area contributed by atoms with Crippen molar-refractivity contribution >= 4 is 16.6 Å². The van der Waals surface area contributed by atoms with Crippen molar-refractivity contribution < 1.29 is 13.2 Å². The number of imidazole rings is 1. The van der Waals surface area contributed by atoms with E-state index in [4.69, 9.17) is 0 Å². The minimum Gasteiger partial charge on any atom is -0.377 e. The Labute approximate surface area is 131 Å². The van der Waals surface area contributed by atoms with Crippen LogP contribution in [0.2, 0.25) is 0 Å². The third-order valence-corrected chi connectivity index (χ3v) is 3.62. The zero-order valence-electron chi connectivity index (χ0n) is 12.6. The summed E-state index contributed by atoms with van der Waals surface area (Å²) in [6, 6.07) is 5.42. The number of hydrogen-bond donors (Lipinski definition) is 1. The van der Waals surface area contributed by atoms with Gasteiger partial charge < -0.3 is 9.88 Å². The average molecular weight is 320 g/mol. The minimum absolute atomic E-state index is 0.321. The molecule has 0 bridgehead atoms. The van der Waals surface area contributed by atoms with E-state index >= 15 is 0 Å². The van der Waals surface area contributed by atoms with Crippen molar-refractivity contribution in [3.8, 4) is 0 Å². The first-order chi connectivity index (χ1) is 10.8. The Hall–Kier alpha value is -2.57. The lowest BCUT2D eigenvalue weighted by Crippen LogP contribution is -2.07. The maximum absolute atomic E-state index is 12.8. The highest BCUT2D eigenvalue weighted by Crippen LogP contribution is 2.33. The van der Waals surface area contributed by atoms with Gasteiger partial charge in [0.25, 0.3) is 0 Å². The fourth-order valence-electron chi connectivity index (χ4n) is 2.42. The molecule has 0 unspecified atom stereocenters. The van der Waals surface area contributed by atoms with Crippen LogP contribution in [0.5, 0.6) is 0 Å². The van der Waals surface area contributed by atoms with E-state index in [1.807, 2.05) is 23.9 Å². The Bertz CT molecular complexity index is 852. The van der Waals surface area contributed by atoms with Gasteiger partial charge in [0.05, 0.1) is 17.6 Å². The van der Waals surface area contributed by atoms with Gasteiger partial charge in [0.15, 0.2) is 0 Å². The lowest BCUT2D eigenvalue weighted by Gasteiger charge is -2.13. The van der Waals surface area contributed by atoms with Crippen LogP contribution < -0.4 is 5.32 Å². The average Bonchev–Trinajstić information content (AvgIpc) is 2.88. The van der Waals surface area contributed by atoms with Crippen LogP contribution in [0, 0.1) is 6.92 Å². The van der Waals surface area contributed by atoms with Crippen molar-refractivity contribution in [1.82, 2.24) is 14.5 Å². The second kappa shape index (κ2) is 5.57. The van der Waals surface area contributed by atoms with E-state index in [2.05, 4.69) is 15.3 Å². The van der Waals surface area contributed by atoms with Gasteiger partial charge in [-0.3, -0.25) is 4.98 Å². The number of pyridine rings is 1. The van der Waals surface area contributed by atoms with E-state index in [0.717, 1.165) is 23.6 Å². The van der Waals surface area contributed by atoms with Gasteiger partial charge in [0.1, 0.15) is 5.82 Å². The number of benzene rings is 1. The fraction of sp³-hybridized carbons (Fsp3) is 0.250. The van der Waals surface area contributed by atoms with Crippen LogP contribution in [0.25, 0.3) is 10.9 Å². The lowest BCUT2D eigenvalue weighted by molar-refractivity contribution is -0.137. The lowest BCUT2D eigenvalue weighted by atomic mass is 10.1. The number of nitrogens with zero attached hydrogens (tertiary/aromatic N) is 3. The number of rotatable bonds is 3. The number of anilines is 1. The maximum atomic E-state index is 12.8. The van der Waals surface area contributed by atoms with Crippen molar-refractivity contribution in [2.45, 2.75) is 19.6 Å². The maximum Gasteiger partial charge on any atom is 0.416 e. The van der Waals surface area contributed by atoms with Crippen LogP contribution in [0.15, 0.2) is 36.7 Å². The standard InChI is InChI=1S/C16H15F3N4/c1-10-7-13(21-9-15-20-5-6-23(15)2)12-4-3-11(16(17,18)19)8-14(12)22-10/h3-8H,9H2,1-2H3,(H,21,22). The molecule has 0 aliphatic heterocycles. The van der Waals surface area contributed by atoms with Crippen LogP contribution in [0.1, 0.15) is 17.1 Å². The normalized spacial score (nSPS) is 11.9. The highest BCUT2D eigenvalue weighted by molar-refractivity contribution is 5.91. The molecule has 2 aromatic heterocycles. The molecular weight excluding hydrogens is 305 g/mol. The van der Waals surface area contributed by atoms with Crippen LogP contribution in [-0.4, -0.2) is 14.5 Å². The molecule has 0 radical (unpaired) electrons. The quantitative estimate of drug-likeness (QED) is 0.796. The molecule has 2 heterocycles. The first-order valence-corrected chi connectivity index (χ1v) is 7.03. The molecular formula is C16H15F3N4. The molecule has 4 nitrogen and oxygen atoms in total. The number of alkyl halides is 3. The second-order valence-electron chi connectivity index (χ2n) is 5.35. The largest absolute Gasteiger partial charge is 0.416 e. The number of aryl methyl sites for hydroxylation is 2. The van der Waals surface area contributed by atoms with Crippen molar-refractivity contribution in [2.24, 2.45) is 7.05 Å². The van der Waals surface area contributed by atoms with Gasteiger partial charge in [0.2, 0.25) is 0 Å². The molecule has 1 N–H and O–H groups in total. The molecule has 0 spiro atoms. The molecule has 23 heavy (non-hydrogen) atoms. The molecule has 0 atom stereocenters. The van der Waals surface area contributed by atoms with Crippen LogP contribution in [0.3, 0.4) is 0 Å². The first-order valence-electron chi connectivity index (χ1n) is 7.03. The second-order valence-corrected chi connectivity index (χ2v) is 5.35. The highest BCUT2D eigenvalue weighted by Gasteiger charge is 2.30. The van der Waals surface area contributed by atoms with Crippen molar-refractivity contribution in [2.75, 3.05) is 5.32 Å². The molecule has 0 saturated carbocycles. The number of hydrogen-bond acceptors (Lipinski definition) is 3. The summed E-state index contributed by atoms with van der Waals surface area (Å²) < 4.78 is 40.4. The summed E-state index contributed by atoms with van der Waals surface area (Å²) in [5.41, 5.74) is 1.02. The summed E-state index contributed by atoms with van der Waals surface area (Å²) in [5.74, 6) is 0.833. The van der Waals surface area contributed by atoms with Crippen molar-refractivity contribution in [1.29, 1.82) is 0 Å². The molecule has 0 aliphatic carbocycles. The molecule has 0 amide bonds. The van der Waals surface area contributed by atoms with E-state index in [-0.39, 0.29) is 0 Å². The molecule has 1 aromatic carbocycles. The molecule has 0 saturated heterocycles. The summed E-state index contributed by atoms with van der Waals surface area (Å²) in [5, 5.41) is 3.88. The van der Waals surface area contributed by atoms with Gasteiger partial charge in [0, 0.05) is 36.2 Å². The van der Waals surface area contributed by atoms with E-state index in [9.17, 15) is 13.2 Å². The van der Waals surface area contributed by atoms with Crippen molar-refractivity contribution in [3.63, 3.8) is 0 Å². The van der Waals surface area contributed by atoms with Gasteiger partial charge in [-0.2, -0.15) is 13.2 Å². The zero-order valence-corrected chi connectivity index (χ0v) is 12.6. The Morgan fingerprint density at radius 2 is 2.00 bits per heavy atom.